The van der Waals surface area contributed by atoms with E-state index < -0.39 is 0 Å². The third-order valence-electron chi connectivity index (χ3n) is 6.54. The van der Waals surface area contributed by atoms with Gasteiger partial charge in [-0.25, -0.2) is 0 Å². The third kappa shape index (κ3) is 6.35. The Bertz CT molecular complexity index is 1180. The first-order valence-electron chi connectivity index (χ1n) is 12.5. The van der Waals surface area contributed by atoms with Crippen LogP contribution in [0.4, 0.5) is 5.82 Å². The molecule has 9 heteroatoms. The van der Waals surface area contributed by atoms with Gasteiger partial charge in [0.1, 0.15) is 18.0 Å². The lowest BCUT2D eigenvalue weighted by molar-refractivity contribution is -0.131. The van der Waals surface area contributed by atoms with E-state index >= 15 is 0 Å². The highest BCUT2D eigenvalue weighted by Crippen LogP contribution is 2.22. The van der Waals surface area contributed by atoms with E-state index in [9.17, 15) is 9.59 Å². The largest absolute Gasteiger partial charge is 0.497 e. The molecule has 0 radical (unpaired) electrons. The summed E-state index contributed by atoms with van der Waals surface area (Å²) in [5.74, 6) is 2.05. The highest BCUT2D eigenvalue weighted by Gasteiger charge is 2.24. The molecule has 0 spiro atoms. The van der Waals surface area contributed by atoms with Gasteiger partial charge in [-0.3, -0.25) is 9.59 Å². The number of hydrogen-bond acceptors (Lipinski definition) is 7. The van der Waals surface area contributed by atoms with Crippen LogP contribution >= 0.6 is 0 Å². The van der Waals surface area contributed by atoms with Crippen molar-refractivity contribution in [2.75, 3.05) is 58.4 Å². The number of anilines is 1. The van der Waals surface area contributed by atoms with Crippen molar-refractivity contribution in [1.29, 1.82) is 0 Å². The highest BCUT2D eigenvalue weighted by atomic mass is 16.5. The van der Waals surface area contributed by atoms with E-state index in [2.05, 4.69) is 15.1 Å². The Morgan fingerprint density at radius 3 is 2.11 bits per heavy atom. The van der Waals surface area contributed by atoms with Crippen molar-refractivity contribution in [3.8, 4) is 22.8 Å². The second-order valence-electron chi connectivity index (χ2n) is 8.77. The molecule has 1 saturated heterocycles. The average molecular weight is 504 g/mol. The predicted molar refractivity (Wildman–Crippen MR) is 142 cm³/mol. The van der Waals surface area contributed by atoms with E-state index in [-0.39, 0.29) is 18.4 Å². The minimum Gasteiger partial charge on any atom is -0.497 e. The molecule has 1 aromatic heterocycles. The molecule has 3 aromatic rings. The average Bonchev–Trinajstić information content (AvgIpc) is 3.22. The molecular weight excluding hydrogens is 470 g/mol. The van der Waals surface area contributed by atoms with Crippen LogP contribution in [0.3, 0.4) is 0 Å². The minimum absolute atomic E-state index is 0.0495. The highest BCUT2D eigenvalue weighted by molar-refractivity contribution is 5.96. The number of nitrogens with zero attached hydrogens (tertiary/aromatic N) is 5. The monoisotopic (exact) mass is 503 g/mol. The molecule has 2 heterocycles. The van der Waals surface area contributed by atoms with Crippen molar-refractivity contribution in [3.05, 3.63) is 66.2 Å². The number of carbonyl (C=O) groups excluding carboxylic acids is 2. The van der Waals surface area contributed by atoms with E-state index in [4.69, 9.17) is 9.47 Å². The molecule has 2 amide bonds. The van der Waals surface area contributed by atoms with Crippen molar-refractivity contribution < 1.29 is 19.1 Å². The lowest BCUT2D eigenvalue weighted by atomic mass is 10.1. The van der Waals surface area contributed by atoms with Crippen LogP contribution in [0.25, 0.3) is 11.3 Å². The van der Waals surface area contributed by atoms with Gasteiger partial charge in [-0.2, -0.15) is 0 Å². The smallest absolute Gasteiger partial charge is 0.254 e. The fourth-order valence-corrected chi connectivity index (χ4v) is 4.31. The molecule has 0 aliphatic carbocycles. The van der Waals surface area contributed by atoms with E-state index in [1.165, 1.54) is 0 Å². The fraction of sp³-hybridized carbons (Fsp3) is 0.357. The number of hydrogen-bond donors (Lipinski definition) is 0. The number of benzene rings is 2. The number of likely N-dealkylation sites (N-methyl/N-ethyl adjacent to an activating group) is 1. The molecule has 0 saturated carbocycles. The Labute approximate surface area is 217 Å². The van der Waals surface area contributed by atoms with Gasteiger partial charge in [-0.1, -0.05) is 0 Å². The molecular formula is C28H33N5O4. The molecule has 0 bridgehead atoms. The Balaban J connectivity index is 1.34. The Hall–Kier alpha value is -4.14. The Morgan fingerprint density at radius 2 is 1.51 bits per heavy atom. The molecule has 1 fully saturated rings. The fourth-order valence-electron chi connectivity index (χ4n) is 4.31. The molecule has 0 atom stereocenters. The first-order valence-corrected chi connectivity index (χ1v) is 12.5. The number of aromatic nitrogens is 2. The van der Waals surface area contributed by atoms with E-state index in [1.54, 1.807) is 43.4 Å². The molecule has 4 rings (SSSR count). The second-order valence-corrected chi connectivity index (χ2v) is 8.77. The van der Waals surface area contributed by atoms with Crippen LogP contribution in [0.15, 0.2) is 60.7 Å². The van der Waals surface area contributed by atoms with Crippen LogP contribution < -0.4 is 14.4 Å². The van der Waals surface area contributed by atoms with Crippen LogP contribution in [-0.2, 0) is 4.79 Å². The van der Waals surface area contributed by atoms with Gasteiger partial charge in [-0.05, 0) is 74.0 Å². The van der Waals surface area contributed by atoms with Gasteiger partial charge in [0.15, 0.2) is 5.82 Å². The maximum absolute atomic E-state index is 13.1. The van der Waals surface area contributed by atoms with Crippen LogP contribution in [-0.4, -0.2) is 85.3 Å². The van der Waals surface area contributed by atoms with Gasteiger partial charge in [0, 0.05) is 43.9 Å². The predicted octanol–water partition coefficient (Wildman–Crippen LogP) is 3.36. The number of amides is 2. The molecule has 0 N–H and O–H groups in total. The zero-order valence-corrected chi connectivity index (χ0v) is 21.6. The maximum Gasteiger partial charge on any atom is 0.254 e. The number of carbonyl (C=O) groups is 2. The van der Waals surface area contributed by atoms with Gasteiger partial charge in [0.2, 0.25) is 5.91 Å². The zero-order chi connectivity index (χ0) is 26.2. The summed E-state index contributed by atoms with van der Waals surface area (Å²) in [6, 6.07) is 18.6. The first kappa shape index (κ1) is 25.9. The molecule has 2 aromatic carbocycles. The second kappa shape index (κ2) is 12.2. The van der Waals surface area contributed by atoms with E-state index in [1.807, 2.05) is 48.2 Å². The van der Waals surface area contributed by atoms with Crippen molar-refractivity contribution in [1.82, 2.24) is 20.0 Å². The molecule has 1 aliphatic heterocycles. The minimum atomic E-state index is -0.165. The van der Waals surface area contributed by atoms with Crippen molar-refractivity contribution in [2.24, 2.45) is 0 Å². The van der Waals surface area contributed by atoms with Crippen LogP contribution in [0.1, 0.15) is 23.7 Å². The molecule has 9 nitrogen and oxygen atoms in total. The maximum atomic E-state index is 13.1. The normalized spacial score (nSPS) is 13.6. The van der Waals surface area contributed by atoms with Crippen LogP contribution in [0.5, 0.6) is 11.5 Å². The summed E-state index contributed by atoms with van der Waals surface area (Å²) >= 11 is 0. The lowest BCUT2D eigenvalue weighted by Crippen LogP contribution is -2.44. The standard InChI is InChI=1S/C28H33N5O4/c1-4-31(28(35)22-8-12-24(37-3)13-9-22)20-27(34)33-17-5-16-32(18-19-33)26-15-14-25(29-30-26)21-6-10-23(36-2)11-7-21/h6-15H,4-5,16-20H2,1-3H3. The van der Waals surface area contributed by atoms with Gasteiger partial charge >= 0.3 is 0 Å². The van der Waals surface area contributed by atoms with Crippen molar-refractivity contribution >= 4 is 17.6 Å². The molecule has 1 aliphatic rings. The topological polar surface area (TPSA) is 88.1 Å². The van der Waals surface area contributed by atoms with Crippen molar-refractivity contribution in [2.45, 2.75) is 13.3 Å². The first-order chi connectivity index (χ1) is 18.0. The summed E-state index contributed by atoms with van der Waals surface area (Å²) in [4.78, 5) is 31.6. The summed E-state index contributed by atoms with van der Waals surface area (Å²) < 4.78 is 10.4. The molecule has 194 valence electrons. The SMILES string of the molecule is CCN(CC(=O)N1CCCN(c2ccc(-c3ccc(OC)cc3)nn2)CC1)C(=O)c1ccc(OC)cc1. The number of rotatable bonds is 8. The summed E-state index contributed by atoms with van der Waals surface area (Å²) in [6.07, 6.45) is 0.812. The summed E-state index contributed by atoms with van der Waals surface area (Å²) in [7, 11) is 3.22. The van der Waals surface area contributed by atoms with E-state index in [0.29, 0.717) is 37.5 Å². The Morgan fingerprint density at radius 1 is 0.838 bits per heavy atom. The van der Waals surface area contributed by atoms with Gasteiger partial charge in [0.25, 0.3) is 5.91 Å². The number of ether oxygens (including phenoxy) is 2. The van der Waals surface area contributed by atoms with E-state index in [0.717, 1.165) is 35.8 Å². The van der Waals surface area contributed by atoms with Crippen molar-refractivity contribution in [3.63, 3.8) is 0 Å². The van der Waals surface area contributed by atoms with Crippen LogP contribution in [0, 0.1) is 0 Å². The van der Waals surface area contributed by atoms with Gasteiger partial charge in [0.05, 0.1) is 19.9 Å². The van der Waals surface area contributed by atoms with Crippen LogP contribution in [0.2, 0.25) is 0 Å². The lowest BCUT2D eigenvalue weighted by Gasteiger charge is -2.26. The molecule has 0 unspecified atom stereocenters. The zero-order valence-electron chi connectivity index (χ0n) is 21.6. The summed E-state index contributed by atoms with van der Waals surface area (Å²) in [6.45, 7) is 5.02. The molecule has 37 heavy (non-hydrogen) atoms. The van der Waals surface area contributed by atoms with Gasteiger partial charge in [-0.15, -0.1) is 10.2 Å². The third-order valence-corrected chi connectivity index (χ3v) is 6.54. The summed E-state index contributed by atoms with van der Waals surface area (Å²) in [5, 5.41) is 8.85. The van der Waals surface area contributed by atoms with Gasteiger partial charge < -0.3 is 24.2 Å². The Kier molecular flexibility index (Phi) is 8.56. The quantitative estimate of drug-likeness (QED) is 0.466. The number of methoxy groups -OCH3 is 2. The summed E-state index contributed by atoms with van der Waals surface area (Å²) in [5.41, 5.74) is 2.30.